The molecule has 8 heteroatoms. The number of guanidine groups is 1. The maximum absolute atomic E-state index is 10.0. The number of ether oxygens (including phenoxy) is 2. The van der Waals surface area contributed by atoms with Crippen LogP contribution in [0.1, 0.15) is 43.4 Å². The van der Waals surface area contributed by atoms with Gasteiger partial charge in [0.1, 0.15) is 5.75 Å². The molecule has 1 aliphatic heterocycles. The van der Waals surface area contributed by atoms with E-state index in [1.165, 1.54) is 24.8 Å². The fourth-order valence-electron chi connectivity index (χ4n) is 4.05. The molecule has 1 aliphatic rings. The molecule has 0 bridgehead atoms. The van der Waals surface area contributed by atoms with Gasteiger partial charge in [-0.3, -0.25) is 4.90 Å². The van der Waals surface area contributed by atoms with Crippen molar-refractivity contribution >= 4 is 29.9 Å². The summed E-state index contributed by atoms with van der Waals surface area (Å²) in [4.78, 5) is 7.28. The molecule has 0 radical (unpaired) electrons. The zero-order valence-corrected chi connectivity index (χ0v) is 22.2. The van der Waals surface area contributed by atoms with Crippen LogP contribution < -0.4 is 20.1 Å². The van der Waals surface area contributed by atoms with Gasteiger partial charge in [0.2, 0.25) is 0 Å². The lowest BCUT2D eigenvalue weighted by atomic mass is 10.0. The SMILES string of the molecule is CCNC(=NCc1ccc(OC)c(O)c1)NCC(c1ccc(OC)cc1)N1CCCCC1.I. The number of aliphatic imine (C=N–C) groups is 1. The Labute approximate surface area is 214 Å². The maximum Gasteiger partial charge on any atom is 0.191 e. The Kier molecular flexibility index (Phi) is 11.6. The highest BCUT2D eigenvalue weighted by Gasteiger charge is 2.22. The molecule has 0 aromatic heterocycles. The summed E-state index contributed by atoms with van der Waals surface area (Å²) in [5, 5.41) is 16.9. The number of rotatable bonds is 9. The summed E-state index contributed by atoms with van der Waals surface area (Å²) >= 11 is 0. The monoisotopic (exact) mass is 568 g/mol. The predicted octanol–water partition coefficient (Wildman–Crippen LogP) is 4.31. The van der Waals surface area contributed by atoms with Crippen molar-refractivity contribution in [2.45, 2.75) is 38.8 Å². The lowest BCUT2D eigenvalue weighted by molar-refractivity contribution is 0.164. The van der Waals surface area contributed by atoms with E-state index in [4.69, 9.17) is 14.5 Å². The second-order valence-corrected chi connectivity index (χ2v) is 7.97. The van der Waals surface area contributed by atoms with Crippen LogP contribution in [0.3, 0.4) is 0 Å². The highest BCUT2D eigenvalue weighted by molar-refractivity contribution is 14.0. The molecule has 3 rings (SSSR count). The quantitative estimate of drug-likeness (QED) is 0.238. The summed E-state index contributed by atoms with van der Waals surface area (Å²) in [6, 6.07) is 14.0. The van der Waals surface area contributed by atoms with Crippen LogP contribution in [-0.4, -0.2) is 56.4 Å². The fourth-order valence-corrected chi connectivity index (χ4v) is 4.05. The second kappa shape index (κ2) is 14.1. The molecular formula is C25H37IN4O3. The van der Waals surface area contributed by atoms with Crippen LogP contribution in [0, 0.1) is 0 Å². The molecular weight excluding hydrogens is 531 g/mol. The molecule has 1 saturated heterocycles. The number of piperidine rings is 1. The number of benzene rings is 2. The van der Waals surface area contributed by atoms with E-state index < -0.39 is 0 Å². The number of nitrogens with zero attached hydrogens (tertiary/aromatic N) is 2. The van der Waals surface area contributed by atoms with E-state index in [1.807, 2.05) is 18.2 Å². The number of hydrogen-bond acceptors (Lipinski definition) is 5. The highest BCUT2D eigenvalue weighted by Crippen LogP contribution is 2.27. The van der Waals surface area contributed by atoms with Gasteiger partial charge in [-0.15, -0.1) is 24.0 Å². The van der Waals surface area contributed by atoms with Gasteiger partial charge in [0, 0.05) is 13.1 Å². The molecule has 2 aromatic carbocycles. The van der Waals surface area contributed by atoms with Crippen molar-refractivity contribution in [2.75, 3.05) is 40.4 Å². The molecule has 182 valence electrons. The standard InChI is InChI=1S/C25H36N4O3.HI/c1-4-26-25(27-17-19-8-13-24(32-3)23(30)16-19)28-18-22(29-14-6-5-7-15-29)20-9-11-21(31-2)12-10-20;/h8-13,16,22,30H,4-7,14-15,17-18H2,1-3H3,(H2,26,27,28);1H. The van der Waals surface area contributed by atoms with Gasteiger partial charge in [0.05, 0.1) is 26.8 Å². The first-order chi connectivity index (χ1) is 15.6. The predicted molar refractivity (Wildman–Crippen MR) is 144 cm³/mol. The maximum atomic E-state index is 10.0. The van der Waals surface area contributed by atoms with E-state index >= 15 is 0 Å². The van der Waals surface area contributed by atoms with E-state index in [9.17, 15) is 5.11 Å². The molecule has 0 saturated carbocycles. The topological polar surface area (TPSA) is 78.4 Å². The van der Waals surface area contributed by atoms with E-state index in [2.05, 4.69) is 34.6 Å². The third-order valence-electron chi connectivity index (χ3n) is 5.80. The largest absolute Gasteiger partial charge is 0.504 e. The lowest BCUT2D eigenvalue weighted by Crippen LogP contribution is -2.44. The van der Waals surface area contributed by atoms with Crippen molar-refractivity contribution in [2.24, 2.45) is 4.99 Å². The van der Waals surface area contributed by atoms with Crippen molar-refractivity contribution in [3.8, 4) is 17.2 Å². The Morgan fingerprint density at radius 1 is 1.03 bits per heavy atom. The van der Waals surface area contributed by atoms with E-state index in [0.717, 1.165) is 43.5 Å². The number of aromatic hydroxyl groups is 1. The minimum Gasteiger partial charge on any atom is -0.504 e. The molecule has 1 heterocycles. The van der Waals surface area contributed by atoms with Crippen LogP contribution in [-0.2, 0) is 6.54 Å². The van der Waals surface area contributed by atoms with Crippen LogP contribution in [0.5, 0.6) is 17.2 Å². The summed E-state index contributed by atoms with van der Waals surface area (Å²) in [5.41, 5.74) is 2.19. The number of hydrogen-bond donors (Lipinski definition) is 3. The highest BCUT2D eigenvalue weighted by atomic mass is 127. The van der Waals surface area contributed by atoms with Crippen LogP contribution in [0.4, 0.5) is 0 Å². The van der Waals surface area contributed by atoms with Gasteiger partial charge in [0.15, 0.2) is 17.5 Å². The second-order valence-electron chi connectivity index (χ2n) is 7.97. The molecule has 2 aromatic rings. The Balaban J connectivity index is 0.00000385. The number of halogens is 1. The van der Waals surface area contributed by atoms with Gasteiger partial charge in [-0.25, -0.2) is 4.99 Å². The normalized spacial score (nSPS) is 15.3. The molecule has 7 nitrogen and oxygen atoms in total. The number of methoxy groups -OCH3 is 2. The van der Waals surface area contributed by atoms with Crippen LogP contribution in [0.15, 0.2) is 47.5 Å². The summed E-state index contributed by atoms with van der Waals surface area (Å²) in [6.45, 7) is 6.27. The first kappa shape index (κ1) is 27.0. The summed E-state index contributed by atoms with van der Waals surface area (Å²) in [5.74, 6) is 2.23. The van der Waals surface area contributed by atoms with Crippen LogP contribution >= 0.6 is 24.0 Å². The molecule has 0 amide bonds. The van der Waals surface area contributed by atoms with E-state index in [-0.39, 0.29) is 35.8 Å². The molecule has 0 spiro atoms. The third kappa shape index (κ3) is 7.96. The Hall–Kier alpha value is -2.20. The van der Waals surface area contributed by atoms with Crippen molar-refractivity contribution in [1.29, 1.82) is 0 Å². The molecule has 0 aliphatic carbocycles. The van der Waals surface area contributed by atoms with Crippen LogP contribution in [0.2, 0.25) is 0 Å². The summed E-state index contributed by atoms with van der Waals surface area (Å²) < 4.78 is 10.5. The average molecular weight is 569 g/mol. The van der Waals surface area contributed by atoms with E-state index in [0.29, 0.717) is 12.3 Å². The van der Waals surface area contributed by atoms with Gasteiger partial charge < -0.3 is 25.2 Å². The Morgan fingerprint density at radius 2 is 1.76 bits per heavy atom. The van der Waals surface area contributed by atoms with Crippen molar-refractivity contribution < 1.29 is 14.6 Å². The Bertz CT molecular complexity index is 870. The lowest BCUT2D eigenvalue weighted by Gasteiger charge is -2.35. The zero-order chi connectivity index (χ0) is 22.8. The first-order valence-electron chi connectivity index (χ1n) is 11.4. The molecule has 33 heavy (non-hydrogen) atoms. The van der Waals surface area contributed by atoms with Gasteiger partial charge >= 0.3 is 0 Å². The molecule has 1 unspecified atom stereocenters. The number of likely N-dealkylation sites (tertiary alicyclic amines) is 1. The Morgan fingerprint density at radius 3 is 2.36 bits per heavy atom. The number of nitrogens with one attached hydrogen (secondary N) is 2. The average Bonchev–Trinajstić information content (AvgIpc) is 2.83. The van der Waals surface area contributed by atoms with E-state index in [1.54, 1.807) is 26.4 Å². The molecule has 1 fully saturated rings. The van der Waals surface area contributed by atoms with Gasteiger partial charge in [-0.1, -0.05) is 24.6 Å². The first-order valence-corrected chi connectivity index (χ1v) is 11.4. The molecule has 3 N–H and O–H groups in total. The summed E-state index contributed by atoms with van der Waals surface area (Å²) in [7, 11) is 3.24. The van der Waals surface area contributed by atoms with Crippen LogP contribution in [0.25, 0.3) is 0 Å². The van der Waals surface area contributed by atoms with Gasteiger partial charge in [0.25, 0.3) is 0 Å². The zero-order valence-electron chi connectivity index (χ0n) is 19.8. The number of phenols is 1. The van der Waals surface area contributed by atoms with Crippen molar-refractivity contribution in [1.82, 2.24) is 15.5 Å². The smallest absolute Gasteiger partial charge is 0.191 e. The van der Waals surface area contributed by atoms with Crippen molar-refractivity contribution in [3.63, 3.8) is 0 Å². The summed E-state index contributed by atoms with van der Waals surface area (Å²) in [6.07, 6.45) is 3.78. The number of phenolic OH excluding ortho intramolecular Hbond substituents is 1. The van der Waals surface area contributed by atoms with Crippen molar-refractivity contribution in [3.05, 3.63) is 53.6 Å². The third-order valence-corrected chi connectivity index (χ3v) is 5.80. The van der Waals surface area contributed by atoms with Gasteiger partial charge in [-0.05, 0) is 68.2 Å². The van der Waals surface area contributed by atoms with Gasteiger partial charge in [-0.2, -0.15) is 0 Å². The minimum absolute atomic E-state index is 0. The minimum atomic E-state index is 0. The molecule has 1 atom stereocenters. The fraction of sp³-hybridized carbons (Fsp3) is 0.480.